The zero-order chi connectivity index (χ0) is 32.5. The third-order valence-electron chi connectivity index (χ3n) is 7.83. The molecule has 256 valence electrons. The molecule has 0 aliphatic carbocycles. The summed E-state index contributed by atoms with van der Waals surface area (Å²) in [6.45, 7) is -2.63. The number of aliphatic hydroxyl groups is 11. The Hall–Kier alpha value is -1.25. The Kier molecular flexibility index (Phi) is 11.9. The van der Waals surface area contributed by atoms with Gasteiger partial charge < -0.3 is 94.1 Å². The topological polar surface area (TPSA) is 313 Å². The molecule has 0 unspecified atom stereocenters. The molecule has 0 aromatic heterocycles. The normalized spacial score (nSPS) is 50.0. The Morgan fingerprint density at radius 1 is 0.727 bits per heavy atom. The van der Waals surface area contributed by atoms with Crippen molar-refractivity contribution < 1.29 is 98.9 Å². The van der Waals surface area contributed by atoms with Crippen molar-refractivity contribution in [2.75, 3.05) is 33.0 Å². The van der Waals surface area contributed by atoms with Crippen molar-refractivity contribution in [3.63, 3.8) is 0 Å². The van der Waals surface area contributed by atoms with Crippen LogP contribution in [-0.2, 0) is 42.7 Å². The van der Waals surface area contributed by atoms with Crippen LogP contribution >= 0.6 is 0 Å². The molecule has 44 heavy (non-hydrogen) atoms. The van der Waals surface area contributed by atoms with E-state index < -0.39 is 143 Å². The Labute approximate surface area is 249 Å². The molecule has 0 aromatic carbocycles. The second-order valence-corrected chi connectivity index (χ2v) is 11.0. The van der Waals surface area contributed by atoms with Crippen molar-refractivity contribution in [3.8, 4) is 0 Å². The van der Waals surface area contributed by atoms with Crippen LogP contribution in [0.1, 0.15) is 6.92 Å². The molecule has 0 amide bonds. The number of carbonyl (C=O) groups is 1. The molecular formula is C24H40O20. The number of esters is 1. The summed E-state index contributed by atoms with van der Waals surface area (Å²) in [5.74, 6) is -0.910. The summed E-state index contributed by atoms with van der Waals surface area (Å²) in [4.78, 5) is 11.7. The van der Waals surface area contributed by atoms with Gasteiger partial charge in [-0.2, -0.15) is 0 Å². The fraction of sp³-hybridized carbons (Fsp3) is 0.958. The molecule has 0 spiro atoms. The number of carbonyl (C=O) groups excluding carboxylic acids is 1. The Balaban J connectivity index is 1.53. The highest BCUT2D eigenvalue weighted by molar-refractivity contribution is 5.66. The predicted molar refractivity (Wildman–Crippen MR) is 131 cm³/mol. The summed E-state index contributed by atoms with van der Waals surface area (Å²) >= 11 is 0. The van der Waals surface area contributed by atoms with Gasteiger partial charge in [-0.15, -0.1) is 0 Å². The average Bonchev–Trinajstić information content (AvgIpc) is 3.28. The van der Waals surface area contributed by atoms with Crippen molar-refractivity contribution in [2.45, 2.75) is 111 Å². The van der Waals surface area contributed by atoms with Gasteiger partial charge in [-0.3, -0.25) is 4.79 Å². The highest BCUT2D eigenvalue weighted by atomic mass is 16.8. The third-order valence-corrected chi connectivity index (χ3v) is 7.83. The van der Waals surface area contributed by atoms with Gasteiger partial charge in [0, 0.05) is 6.92 Å². The first kappa shape index (κ1) is 35.6. The summed E-state index contributed by atoms with van der Waals surface area (Å²) < 4.78 is 43.4. The summed E-state index contributed by atoms with van der Waals surface area (Å²) in [5.41, 5.74) is -2.10. The molecule has 4 rings (SSSR count). The van der Waals surface area contributed by atoms with E-state index in [1.807, 2.05) is 0 Å². The second kappa shape index (κ2) is 14.7. The van der Waals surface area contributed by atoms with Crippen LogP contribution in [0.2, 0.25) is 0 Å². The molecule has 4 saturated heterocycles. The summed E-state index contributed by atoms with van der Waals surface area (Å²) in [6.07, 6.45) is -27.4. The van der Waals surface area contributed by atoms with Gasteiger partial charge >= 0.3 is 5.97 Å². The molecule has 4 heterocycles. The molecule has 0 saturated carbocycles. The van der Waals surface area contributed by atoms with E-state index in [0.717, 1.165) is 6.92 Å². The maximum atomic E-state index is 11.7. The predicted octanol–water partition coefficient (Wildman–Crippen LogP) is -7.90. The minimum absolute atomic E-state index is 0.526. The minimum atomic E-state index is -2.10. The lowest BCUT2D eigenvalue weighted by atomic mass is 9.96. The van der Waals surface area contributed by atoms with E-state index in [-0.39, 0.29) is 0 Å². The number of hydrogen-bond acceptors (Lipinski definition) is 20. The Bertz CT molecular complexity index is 943. The lowest BCUT2D eigenvalue weighted by Crippen LogP contribution is -2.66. The number of hydrogen-bond donors (Lipinski definition) is 11. The lowest BCUT2D eigenvalue weighted by molar-refractivity contribution is -0.383. The third kappa shape index (κ3) is 7.17. The van der Waals surface area contributed by atoms with Gasteiger partial charge in [-0.25, -0.2) is 0 Å². The van der Waals surface area contributed by atoms with Crippen LogP contribution in [0.5, 0.6) is 0 Å². The zero-order valence-corrected chi connectivity index (χ0v) is 23.4. The molecule has 4 fully saturated rings. The average molecular weight is 649 g/mol. The molecule has 0 aromatic rings. The fourth-order valence-electron chi connectivity index (χ4n) is 5.26. The van der Waals surface area contributed by atoms with Gasteiger partial charge in [0.1, 0.15) is 72.7 Å². The molecule has 20 heteroatoms. The fourth-order valence-corrected chi connectivity index (χ4v) is 5.26. The number of aliphatic hydroxyl groups excluding tert-OH is 10. The maximum absolute atomic E-state index is 11.7. The molecule has 11 N–H and O–H groups in total. The van der Waals surface area contributed by atoms with Crippen LogP contribution in [0.25, 0.3) is 0 Å². The van der Waals surface area contributed by atoms with Crippen molar-refractivity contribution in [3.05, 3.63) is 0 Å². The summed E-state index contributed by atoms with van der Waals surface area (Å²) in [7, 11) is 0. The van der Waals surface area contributed by atoms with Crippen molar-refractivity contribution >= 4 is 5.97 Å². The van der Waals surface area contributed by atoms with Crippen LogP contribution in [0.15, 0.2) is 0 Å². The van der Waals surface area contributed by atoms with Gasteiger partial charge in [0.2, 0.25) is 0 Å². The standard InChI is InChI=1S/C24H40O20/c1-7(28)39-18-13(32)12(31)9(2-25)41-22(18)42-15-10(3-26)40-20(35)16(14(15)33)43-21-17(11(30)8(29)4-37-21)44-23-19(34)24(36,5-27)6-38-23/h8-23,25-27,29-36H,2-6H2,1H3/t8-,9-,10-,11+,12-,13+,14+,15-,16-,17-,18-,19-,20-,21+,22+,23+,24+/m1/s1. The van der Waals surface area contributed by atoms with Crippen molar-refractivity contribution in [1.29, 1.82) is 0 Å². The quantitative estimate of drug-likeness (QED) is 0.0980. The van der Waals surface area contributed by atoms with Gasteiger partial charge in [0.05, 0.1) is 33.0 Å². The van der Waals surface area contributed by atoms with E-state index in [2.05, 4.69) is 0 Å². The molecule has 4 aliphatic heterocycles. The lowest BCUT2D eigenvalue weighted by Gasteiger charge is -2.48. The first-order chi connectivity index (χ1) is 20.8. The van der Waals surface area contributed by atoms with E-state index in [0.29, 0.717) is 0 Å². The van der Waals surface area contributed by atoms with Crippen LogP contribution in [0, 0.1) is 0 Å². The first-order valence-corrected chi connectivity index (χ1v) is 13.7. The molecule has 0 bridgehead atoms. The van der Waals surface area contributed by atoms with Gasteiger partial charge in [-0.05, 0) is 0 Å². The second-order valence-electron chi connectivity index (χ2n) is 11.0. The molecule has 0 radical (unpaired) electrons. The van der Waals surface area contributed by atoms with Crippen LogP contribution < -0.4 is 0 Å². The van der Waals surface area contributed by atoms with Crippen molar-refractivity contribution in [1.82, 2.24) is 0 Å². The molecule has 4 aliphatic rings. The van der Waals surface area contributed by atoms with Gasteiger partial charge in [0.15, 0.2) is 31.3 Å². The monoisotopic (exact) mass is 648 g/mol. The van der Waals surface area contributed by atoms with Crippen LogP contribution in [-0.4, -0.2) is 199 Å². The van der Waals surface area contributed by atoms with E-state index in [9.17, 15) is 61.0 Å². The summed E-state index contributed by atoms with van der Waals surface area (Å²) in [6, 6.07) is 0. The van der Waals surface area contributed by atoms with Gasteiger partial charge in [-0.1, -0.05) is 0 Å². The molecular weight excluding hydrogens is 608 g/mol. The molecule has 17 atom stereocenters. The van der Waals surface area contributed by atoms with Crippen LogP contribution in [0.3, 0.4) is 0 Å². The SMILES string of the molecule is CC(=O)O[C@H]1[C@H](O[C@H]2[C@H](O)[C@@H](O[C@@H]3OC[C@@H](O)[C@H](O)[C@H]3O[C@@H]3OC[C@@](O)(CO)[C@@H]3O)[C@H](O)O[C@@H]2CO)O[C@H](CO)[C@@H](O)[C@@H]1O. The Morgan fingerprint density at radius 3 is 1.95 bits per heavy atom. The highest BCUT2D eigenvalue weighted by Gasteiger charge is 2.55. The smallest absolute Gasteiger partial charge is 0.303 e. The highest BCUT2D eigenvalue weighted by Crippen LogP contribution is 2.34. The maximum Gasteiger partial charge on any atom is 0.303 e. The summed E-state index contributed by atoms with van der Waals surface area (Å²) in [5, 5.41) is 113. The van der Waals surface area contributed by atoms with E-state index in [1.54, 1.807) is 0 Å². The van der Waals surface area contributed by atoms with E-state index >= 15 is 0 Å². The van der Waals surface area contributed by atoms with Gasteiger partial charge in [0.25, 0.3) is 0 Å². The number of ether oxygens (including phenoxy) is 8. The zero-order valence-electron chi connectivity index (χ0n) is 23.4. The van der Waals surface area contributed by atoms with Crippen LogP contribution in [0.4, 0.5) is 0 Å². The van der Waals surface area contributed by atoms with Crippen molar-refractivity contribution in [2.24, 2.45) is 0 Å². The first-order valence-electron chi connectivity index (χ1n) is 13.7. The largest absolute Gasteiger partial charge is 0.454 e. The van der Waals surface area contributed by atoms with E-state index in [4.69, 9.17) is 37.9 Å². The van der Waals surface area contributed by atoms with E-state index in [1.165, 1.54) is 0 Å². The minimum Gasteiger partial charge on any atom is -0.454 e. The number of rotatable bonds is 10. The molecule has 20 nitrogen and oxygen atoms in total. The Morgan fingerprint density at radius 2 is 1.36 bits per heavy atom.